The number of hydrogen-bond donors (Lipinski definition) is 1. The first-order chi connectivity index (χ1) is 12.5. The van der Waals surface area contributed by atoms with E-state index >= 15 is 0 Å². The molecule has 0 radical (unpaired) electrons. The first-order valence-electron chi connectivity index (χ1n) is 8.09. The highest BCUT2D eigenvalue weighted by Gasteiger charge is 2.13. The van der Waals surface area contributed by atoms with Crippen LogP contribution in [0.15, 0.2) is 47.4 Å². The van der Waals surface area contributed by atoms with E-state index in [4.69, 9.17) is 27.9 Å². The second-order valence-electron chi connectivity index (χ2n) is 5.53. The molecule has 0 aliphatic rings. The molecule has 0 aliphatic carbocycles. The Bertz CT molecular complexity index is 726. The van der Waals surface area contributed by atoms with E-state index in [1.807, 2.05) is 43.3 Å². The Hall–Kier alpha value is -1.01. The van der Waals surface area contributed by atoms with Gasteiger partial charge in [-0.05, 0) is 48.9 Å². The van der Waals surface area contributed by atoms with E-state index in [2.05, 4.69) is 5.32 Å². The molecule has 2 rings (SSSR count). The number of rotatable bonds is 9. The number of amides is 1. The van der Waals surface area contributed by atoms with Crippen molar-refractivity contribution < 1.29 is 9.53 Å². The minimum Gasteiger partial charge on any atom is -0.497 e. The monoisotopic (exact) mass is 429 g/mol. The van der Waals surface area contributed by atoms with E-state index in [0.29, 0.717) is 16.6 Å². The second kappa shape index (κ2) is 11.0. The fourth-order valence-corrected chi connectivity index (χ4v) is 4.14. The zero-order valence-electron chi connectivity index (χ0n) is 14.6. The summed E-state index contributed by atoms with van der Waals surface area (Å²) in [6.07, 6.45) is 0. The molecule has 2 aromatic carbocycles. The van der Waals surface area contributed by atoms with Crippen molar-refractivity contribution in [1.82, 2.24) is 5.32 Å². The van der Waals surface area contributed by atoms with Crippen LogP contribution in [0, 0.1) is 0 Å². The predicted molar refractivity (Wildman–Crippen MR) is 114 cm³/mol. The van der Waals surface area contributed by atoms with Crippen molar-refractivity contribution >= 4 is 52.6 Å². The number of nitrogens with one attached hydrogen (secondary N) is 1. The highest BCUT2D eigenvalue weighted by atomic mass is 35.5. The lowest BCUT2D eigenvalue weighted by molar-refractivity contribution is -0.120. The summed E-state index contributed by atoms with van der Waals surface area (Å²) in [5.74, 6) is 2.53. The van der Waals surface area contributed by atoms with Crippen LogP contribution in [0.5, 0.6) is 5.75 Å². The zero-order chi connectivity index (χ0) is 18.9. The first-order valence-corrected chi connectivity index (χ1v) is 10.9. The number of halogens is 2. The average Bonchev–Trinajstić information content (AvgIpc) is 2.64. The van der Waals surface area contributed by atoms with E-state index < -0.39 is 0 Å². The van der Waals surface area contributed by atoms with Gasteiger partial charge in [-0.25, -0.2) is 0 Å². The van der Waals surface area contributed by atoms with Gasteiger partial charge in [0, 0.05) is 22.9 Å². The lowest BCUT2D eigenvalue weighted by Gasteiger charge is -2.12. The lowest BCUT2D eigenvalue weighted by atomic mass is 10.2. The molecule has 0 aliphatic heterocycles. The lowest BCUT2D eigenvalue weighted by Crippen LogP contribution is -2.32. The van der Waals surface area contributed by atoms with Crippen molar-refractivity contribution in [1.29, 1.82) is 0 Å². The molecule has 1 N–H and O–H groups in total. The van der Waals surface area contributed by atoms with Gasteiger partial charge in [-0.15, -0.1) is 11.8 Å². The van der Waals surface area contributed by atoms with Crippen LogP contribution in [-0.2, 0) is 10.5 Å². The number of thioether (sulfide) groups is 2. The molecule has 0 unspecified atom stereocenters. The van der Waals surface area contributed by atoms with Gasteiger partial charge in [0.15, 0.2) is 0 Å². The van der Waals surface area contributed by atoms with Crippen LogP contribution < -0.4 is 10.1 Å². The summed E-state index contributed by atoms with van der Waals surface area (Å²) in [5.41, 5.74) is 1.12. The van der Waals surface area contributed by atoms with Gasteiger partial charge in [-0.1, -0.05) is 29.3 Å². The largest absolute Gasteiger partial charge is 0.497 e. The van der Waals surface area contributed by atoms with Crippen LogP contribution in [0.1, 0.15) is 12.5 Å². The number of ether oxygens (including phenoxy) is 1. The highest BCUT2D eigenvalue weighted by Crippen LogP contribution is 2.26. The Balaban J connectivity index is 1.66. The van der Waals surface area contributed by atoms with Crippen LogP contribution >= 0.6 is 46.7 Å². The Morgan fingerprint density at radius 3 is 2.54 bits per heavy atom. The van der Waals surface area contributed by atoms with Crippen LogP contribution in [-0.4, -0.2) is 30.6 Å². The fourth-order valence-electron chi connectivity index (χ4n) is 2.12. The molecule has 0 fully saturated rings. The van der Waals surface area contributed by atoms with Crippen molar-refractivity contribution in [2.24, 2.45) is 0 Å². The van der Waals surface area contributed by atoms with Crippen molar-refractivity contribution in [2.75, 3.05) is 19.4 Å². The third kappa shape index (κ3) is 6.95. The minimum absolute atomic E-state index is 0.0426. The summed E-state index contributed by atoms with van der Waals surface area (Å²) in [6.45, 7) is 2.55. The average molecular weight is 430 g/mol. The molecule has 0 aromatic heterocycles. The quantitative estimate of drug-likeness (QED) is 0.419. The van der Waals surface area contributed by atoms with Gasteiger partial charge in [0.1, 0.15) is 5.75 Å². The predicted octanol–water partition coefficient (Wildman–Crippen LogP) is 5.53. The molecule has 0 saturated carbocycles. The Labute approximate surface area is 173 Å². The van der Waals surface area contributed by atoms with E-state index in [0.717, 1.165) is 27.7 Å². The van der Waals surface area contributed by atoms with Gasteiger partial charge in [0.05, 0.1) is 22.4 Å². The topological polar surface area (TPSA) is 38.3 Å². The molecule has 0 saturated heterocycles. The number of carbonyl (C=O) groups excluding carboxylic acids is 1. The third-order valence-corrected chi connectivity index (χ3v) is 6.42. The van der Waals surface area contributed by atoms with E-state index in [-0.39, 0.29) is 11.2 Å². The molecule has 140 valence electrons. The van der Waals surface area contributed by atoms with Gasteiger partial charge in [-0.3, -0.25) is 4.79 Å². The SMILES string of the molecule is COc1ccc(S[C@H](C)C(=O)NCCSCc2ccc(Cl)c(Cl)c2)cc1. The summed E-state index contributed by atoms with van der Waals surface area (Å²) in [6, 6.07) is 13.4. The normalized spacial score (nSPS) is 11.8. The first kappa shape index (κ1) is 21.3. The Morgan fingerprint density at radius 2 is 1.88 bits per heavy atom. The van der Waals surface area contributed by atoms with Gasteiger partial charge in [-0.2, -0.15) is 11.8 Å². The standard InChI is InChI=1S/C19H21Cl2NO2S2/c1-13(26-16-6-4-15(24-2)5-7-16)19(23)22-9-10-25-12-14-3-8-17(20)18(21)11-14/h3-8,11,13H,9-10,12H2,1-2H3,(H,22,23)/t13-/m1/s1. The maximum Gasteiger partial charge on any atom is 0.233 e. The minimum atomic E-state index is -0.150. The Morgan fingerprint density at radius 1 is 1.15 bits per heavy atom. The second-order valence-corrected chi connectivity index (χ2v) is 8.86. The van der Waals surface area contributed by atoms with Crippen LogP contribution in [0.4, 0.5) is 0 Å². The summed E-state index contributed by atoms with van der Waals surface area (Å²) in [5, 5.41) is 3.97. The summed E-state index contributed by atoms with van der Waals surface area (Å²) in [4.78, 5) is 13.2. The smallest absolute Gasteiger partial charge is 0.233 e. The molecule has 2 aromatic rings. The molecule has 3 nitrogen and oxygen atoms in total. The van der Waals surface area contributed by atoms with Crippen LogP contribution in [0.25, 0.3) is 0 Å². The number of benzene rings is 2. The molecular formula is C19H21Cl2NO2S2. The molecule has 1 atom stereocenters. The van der Waals surface area contributed by atoms with Crippen molar-refractivity contribution in [3.63, 3.8) is 0 Å². The zero-order valence-corrected chi connectivity index (χ0v) is 17.8. The summed E-state index contributed by atoms with van der Waals surface area (Å²) in [7, 11) is 1.64. The summed E-state index contributed by atoms with van der Waals surface area (Å²) >= 11 is 15.2. The molecule has 0 spiro atoms. The number of methoxy groups -OCH3 is 1. The Kier molecular flexibility index (Phi) is 8.99. The van der Waals surface area contributed by atoms with Gasteiger partial charge < -0.3 is 10.1 Å². The van der Waals surface area contributed by atoms with Gasteiger partial charge in [0.2, 0.25) is 5.91 Å². The fraction of sp³-hybridized carbons (Fsp3) is 0.316. The van der Waals surface area contributed by atoms with Crippen molar-refractivity contribution in [3.8, 4) is 5.75 Å². The molecule has 0 bridgehead atoms. The van der Waals surface area contributed by atoms with Crippen molar-refractivity contribution in [3.05, 3.63) is 58.1 Å². The van der Waals surface area contributed by atoms with Gasteiger partial charge in [0.25, 0.3) is 0 Å². The highest BCUT2D eigenvalue weighted by molar-refractivity contribution is 8.00. The van der Waals surface area contributed by atoms with E-state index in [1.54, 1.807) is 24.9 Å². The van der Waals surface area contributed by atoms with E-state index in [1.165, 1.54) is 11.8 Å². The maximum absolute atomic E-state index is 12.2. The van der Waals surface area contributed by atoms with Crippen LogP contribution in [0.2, 0.25) is 10.0 Å². The number of hydrogen-bond acceptors (Lipinski definition) is 4. The van der Waals surface area contributed by atoms with E-state index in [9.17, 15) is 4.79 Å². The molecule has 26 heavy (non-hydrogen) atoms. The molecular weight excluding hydrogens is 409 g/mol. The molecule has 1 amide bonds. The third-order valence-electron chi connectivity index (χ3n) is 3.54. The van der Waals surface area contributed by atoms with Crippen molar-refractivity contribution in [2.45, 2.75) is 22.8 Å². The number of carbonyl (C=O) groups is 1. The molecule has 7 heteroatoms. The molecule has 0 heterocycles. The van der Waals surface area contributed by atoms with Crippen LogP contribution in [0.3, 0.4) is 0 Å². The van der Waals surface area contributed by atoms with Gasteiger partial charge >= 0.3 is 0 Å². The summed E-state index contributed by atoms with van der Waals surface area (Å²) < 4.78 is 5.14. The maximum atomic E-state index is 12.2.